The molecule has 0 radical (unpaired) electrons. The van der Waals surface area contributed by atoms with E-state index in [2.05, 4.69) is 49.5 Å². The summed E-state index contributed by atoms with van der Waals surface area (Å²) in [6.07, 6.45) is 0. The largest absolute Gasteiger partial charge is 0.314 e. The summed E-state index contributed by atoms with van der Waals surface area (Å²) < 4.78 is 0. The number of hydrogen-bond acceptors (Lipinski definition) is 2. The molecule has 0 saturated carbocycles. The summed E-state index contributed by atoms with van der Waals surface area (Å²) in [5, 5.41) is 4.36. The van der Waals surface area contributed by atoms with Crippen molar-refractivity contribution in [1.82, 2.24) is 10.3 Å². The fraction of sp³-hybridized carbons (Fsp3) is 0.357. The molecule has 1 N–H and O–H groups in total. The SMILES string of the molecule is CNCc1ccc2cccc(C(C)C)c2n1.[HH]. The third-order valence-corrected chi connectivity index (χ3v) is 2.79. The molecular formula is C14H20N2. The number of pyridine rings is 1. The molecule has 1 aromatic heterocycles. The highest BCUT2D eigenvalue weighted by Gasteiger charge is 2.06. The summed E-state index contributed by atoms with van der Waals surface area (Å²) in [4.78, 5) is 4.72. The molecule has 0 aliphatic heterocycles. The van der Waals surface area contributed by atoms with Crippen LogP contribution in [0.5, 0.6) is 0 Å². The molecule has 86 valence electrons. The molecule has 1 aromatic carbocycles. The fourth-order valence-electron chi connectivity index (χ4n) is 1.96. The Hall–Kier alpha value is -1.41. The molecule has 2 aromatic rings. The number of nitrogens with one attached hydrogen (secondary N) is 1. The van der Waals surface area contributed by atoms with Crippen molar-refractivity contribution in [2.24, 2.45) is 0 Å². The van der Waals surface area contributed by atoms with E-state index >= 15 is 0 Å². The Morgan fingerprint density at radius 3 is 2.75 bits per heavy atom. The smallest absolute Gasteiger partial charge is 0.0740 e. The normalized spacial score (nSPS) is 11.2. The van der Waals surface area contributed by atoms with Crippen molar-refractivity contribution in [3.05, 3.63) is 41.6 Å². The summed E-state index contributed by atoms with van der Waals surface area (Å²) in [7, 11) is 1.94. The zero-order valence-electron chi connectivity index (χ0n) is 10.1. The standard InChI is InChI=1S/C14H18N2.H2/c1-10(2)13-6-4-5-11-7-8-12(9-15-3)16-14(11)13;/h4-8,10,15H,9H2,1-3H3;1H. The van der Waals surface area contributed by atoms with Gasteiger partial charge in [0.1, 0.15) is 0 Å². The summed E-state index contributed by atoms with van der Waals surface area (Å²) >= 11 is 0. The van der Waals surface area contributed by atoms with Gasteiger partial charge in [0.2, 0.25) is 0 Å². The van der Waals surface area contributed by atoms with E-state index in [9.17, 15) is 0 Å². The molecule has 2 heteroatoms. The van der Waals surface area contributed by atoms with E-state index < -0.39 is 0 Å². The molecule has 0 bridgehead atoms. The molecule has 2 nitrogen and oxygen atoms in total. The Labute approximate surface area is 98.2 Å². The molecular weight excluding hydrogens is 196 g/mol. The van der Waals surface area contributed by atoms with Crippen LogP contribution in [0.2, 0.25) is 0 Å². The lowest BCUT2D eigenvalue weighted by Gasteiger charge is -2.10. The van der Waals surface area contributed by atoms with Crippen molar-refractivity contribution in [3.8, 4) is 0 Å². The third kappa shape index (κ3) is 2.07. The van der Waals surface area contributed by atoms with Crippen LogP contribution < -0.4 is 5.32 Å². The number of nitrogens with zero attached hydrogens (tertiary/aromatic N) is 1. The molecule has 0 atom stereocenters. The van der Waals surface area contributed by atoms with Crippen LogP contribution in [0.1, 0.15) is 32.4 Å². The zero-order valence-corrected chi connectivity index (χ0v) is 10.1. The first-order valence-corrected chi connectivity index (χ1v) is 5.75. The number of para-hydroxylation sites is 1. The Morgan fingerprint density at radius 2 is 2.06 bits per heavy atom. The lowest BCUT2D eigenvalue weighted by molar-refractivity contribution is 0.793. The average molecular weight is 216 g/mol. The van der Waals surface area contributed by atoms with Crippen molar-refractivity contribution >= 4 is 10.9 Å². The minimum absolute atomic E-state index is 0. The summed E-state index contributed by atoms with van der Waals surface area (Å²) in [5.41, 5.74) is 3.57. The first kappa shape index (κ1) is 11.1. The van der Waals surface area contributed by atoms with Gasteiger partial charge in [0.25, 0.3) is 0 Å². The van der Waals surface area contributed by atoms with Crippen LogP contribution in [0.3, 0.4) is 0 Å². The van der Waals surface area contributed by atoms with Gasteiger partial charge in [-0.05, 0) is 24.6 Å². The van der Waals surface area contributed by atoms with E-state index in [4.69, 9.17) is 4.98 Å². The molecule has 0 aliphatic carbocycles. The van der Waals surface area contributed by atoms with Gasteiger partial charge in [-0.15, -0.1) is 0 Å². The second-order valence-electron chi connectivity index (χ2n) is 4.41. The van der Waals surface area contributed by atoms with Crippen molar-refractivity contribution in [2.75, 3.05) is 7.05 Å². The Balaban J connectivity index is 0.00000144. The number of aromatic nitrogens is 1. The third-order valence-electron chi connectivity index (χ3n) is 2.79. The van der Waals surface area contributed by atoms with Crippen LogP contribution in [-0.2, 0) is 6.54 Å². The van der Waals surface area contributed by atoms with Gasteiger partial charge in [-0.2, -0.15) is 0 Å². The summed E-state index contributed by atoms with van der Waals surface area (Å²) in [6.45, 7) is 5.24. The predicted molar refractivity (Wildman–Crippen MR) is 70.7 cm³/mol. The van der Waals surface area contributed by atoms with Gasteiger partial charge in [0, 0.05) is 13.4 Å². The number of rotatable bonds is 3. The lowest BCUT2D eigenvalue weighted by Crippen LogP contribution is -2.07. The van der Waals surface area contributed by atoms with Gasteiger partial charge in [-0.25, -0.2) is 0 Å². The minimum Gasteiger partial charge on any atom is -0.314 e. The Bertz CT molecular complexity index is 495. The van der Waals surface area contributed by atoms with Gasteiger partial charge in [0.05, 0.1) is 11.2 Å². The first-order valence-electron chi connectivity index (χ1n) is 5.75. The predicted octanol–water partition coefficient (Wildman–Crippen LogP) is 3.32. The van der Waals surface area contributed by atoms with E-state index in [0.29, 0.717) is 5.92 Å². The molecule has 0 amide bonds. The molecule has 0 saturated heterocycles. The maximum atomic E-state index is 4.72. The maximum Gasteiger partial charge on any atom is 0.0740 e. The first-order chi connectivity index (χ1) is 7.72. The van der Waals surface area contributed by atoms with Crippen molar-refractivity contribution in [1.29, 1.82) is 0 Å². The van der Waals surface area contributed by atoms with Crippen molar-refractivity contribution in [3.63, 3.8) is 0 Å². The highest BCUT2D eigenvalue weighted by atomic mass is 14.8. The van der Waals surface area contributed by atoms with Crippen molar-refractivity contribution < 1.29 is 1.43 Å². The molecule has 16 heavy (non-hydrogen) atoms. The van der Waals surface area contributed by atoms with Crippen LogP contribution in [0.25, 0.3) is 10.9 Å². The van der Waals surface area contributed by atoms with Gasteiger partial charge in [0.15, 0.2) is 0 Å². The van der Waals surface area contributed by atoms with Crippen molar-refractivity contribution in [2.45, 2.75) is 26.3 Å². The second-order valence-corrected chi connectivity index (χ2v) is 4.41. The van der Waals surface area contributed by atoms with Crippen LogP contribution in [0.4, 0.5) is 0 Å². The van der Waals surface area contributed by atoms with Crippen LogP contribution in [0.15, 0.2) is 30.3 Å². The minimum atomic E-state index is 0. The molecule has 0 spiro atoms. The van der Waals surface area contributed by atoms with E-state index in [0.717, 1.165) is 17.8 Å². The van der Waals surface area contributed by atoms with Gasteiger partial charge >= 0.3 is 0 Å². The van der Waals surface area contributed by atoms with Crippen LogP contribution >= 0.6 is 0 Å². The van der Waals surface area contributed by atoms with Gasteiger partial charge in [-0.3, -0.25) is 4.98 Å². The topological polar surface area (TPSA) is 24.9 Å². The monoisotopic (exact) mass is 216 g/mol. The van der Waals surface area contributed by atoms with Crippen LogP contribution in [-0.4, -0.2) is 12.0 Å². The molecule has 0 unspecified atom stereocenters. The van der Waals surface area contributed by atoms with E-state index in [1.165, 1.54) is 10.9 Å². The van der Waals surface area contributed by atoms with Gasteiger partial charge in [-0.1, -0.05) is 38.1 Å². The number of hydrogen-bond donors (Lipinski definition) is 1. The molecule has 2 rings (SSSR count). The quantitative estimate of drug-likeness (QED) is 0.851. The molecule has 0 fully saturated rings. The Morgan fingerprint density at radius 1 is 1.25 bits per heavy atom. The number of fused-ring (bicyclic) bond motifs is 1. The van der Waals surface area contributed by atoms with E-state index in [1.807, 2.05) is 7.05 Å². The summed E-state index contributed by atoms with van der Waals surface area (Å²) in [6, 6.07) is 10.6. The highest BCUT2D eigenvalue weighted by Crippen LogP contribution is 2.23. The maximum absolute atomic E-state index is 4.72. The van der Waals surface area contributed by atoms with E-state index in [1.54, 1.807) is 0 Å². The second kappa shape index (κ2) is 4.62. The number of benzene rings is 1. The van der Waals surface area contributed by atoms with Gasteiger partial charge < -0.3 is 5.32 Å². The molecule has 1 heterocycles. The Kier molecular flexibility index (Phi) is 3.20. The van der Waals surface area contributed by atoms with Crippen LogP contribution in [0, 0.1) is 0 Å². The highest BCUT2D eigenvalue weighted by molar-refractivity contribution is 5.82. The zero-order chi connectivity index (χ0) is 11.5. The fourth-order valence-corrected chi connectivity index (χ4v) is 1.96. The summed E-state index contributed by atoms with van der Waals surface area (Å²) in [5.74, 6) is 0.515. The van der Waals surface area contributed by atoms with E-state index in [-0.39, 0.29) is 1.43 Å². The average Bonchev–Trinajstić information content (AvgIpc) is 2.28. The molecule has 0 aliphatic rings. The lowest BCUT2D eigenvalue weighted by atomic mass is 9.99.